The number of fused-ring (bicyclic) bond motifs is 1. The van der Waals surface area contributed by atoms with E-state index in [0.29, 0.717) is 11.3 Å². The number of anilines is 1. The second kappa shape index (κ2) is 4.51. The average Bonchev–Trinajstić information content (AvgIpc) is 2.80. The molecule has 3 aromatic rings. The second-order valence-corrected chi connectivity index (χ2v) is 4.84. The van der Waals surface area contributed by atoms with Gasteiger partial charge in [0.2, 0.25) is 0 Å². The molecule has 0 fully saturated rings. The first kappa shape index (κ1) is 13.5. The van der Waals surface area contributed by atoms with Crippen molar-refractivity contribution in [3.05, 3.63) is 48.2 Å². The van der Waals surface area contributed by atoms with Crippen LogP contribution in [0, 0.1) is 0 Å². The minimum atomic E-state index is -4.33. The molecule has 21 heavy (non-hydrogen) atoms. The number of halogens is 3. The van der Waals surface area contributed by atoms with Gasteiger partial charge in [-0.1, -0.05) is 12.1 Å². The number of benzene rings is 2. The topological polar surface area (TPSA) is 43.8 Å². The second-order valence-electron chi connectivity index (χ2n) is 4.84. The standard InChI is InChI=1S/C15H12F3N3/c1-21-14-7-10(6-13(19)12(14)8-20-21)9-2-4-11(5-3-9)15(16,17)18/h2-8H,19H2,1H3. The van der Waals surface area contributed by atoms with Gasteiger partial charge in [-0.15, -0.1) is 0 Å². The Morgan fingerprint density at radius 1 is 1.05 bits per heavy atom. The monoisotopic (exact) mass is 291 g/mol. The van der Waals surface area contributed by atoms with Crippen LogP contribution in [-0.4, -0.2) is 9.78 Å². The molecule has 0 spiro atoms. The van der Waals surface area contributed by atoms with Crippen molar-refractivity contribution in [2.45, 2.75) is 6.18 Å². The van der Waals surface area contributed by atoms with Gasteiger partial charge in [0.15, 0.2) is 0 Å². The van der Waals surface area contributed by atoms with E-state index < -0.39 is 11.7 Å². The van der Waals surface area contributed by atoms with Gasteiger partial charge in [0.25, 0.3) is 0 Å². The molecule has 0 unspecified atom stereocenters. The highest BCUT2D eigenvalue weighted by Crippen LogP contribution is 2.33. The molecule has 0 amide bonds. The molecule has 108 valence electrons. The lowest BCUT2D eigenvalue weighted by atomic mass is 10.0. The van der Waals surface area contributed by atoms with Crippen molar-refractivity contribution in [3.63, 3.8) is 0 Å². The number of aryl methyl sites for hydroxylation is 1. The summed E-state index contributed by atoms with van der Waals surface area (Å²) in [6, 6.07) is 8.63. The third kappa shape index (κ3) is 2.33. The fourth-order valence-corrected chi connectivity index (χ4v) is 2.29. The Bertz CT molecular complexity index is 801. The van der Waals surface area contributed by atoms with Crippen LogP contribution in [0.25, 0.3) is 22.0 Å². The average molecular weight is 291 g/mol. The normalized spacial score (nSPS) is 12.0. The summed E-state index contributed by atoms with van der Waals surface area (Å²) in [7, 11) is 1.79. The fraction of sp³-hybridized carbons (Fsp3) is 0.133. The molecule has 0 radical (unpaired) electrons. The Morgan fingerprint density at radius 2 is 1.71 bits per heavy atom. The van der Waals surface area contributed by atoms with Crippen molar-refractivity contribution in [2.75, 3.05) is 5.73 Å². The summed E-state index contributed by atoms with van der Waals surface area (Å²) >= 11 is 0. The van der Waals surface area contributed by atoms with Crippen LogP contribution in [-0.2, 0) is 13.2 Å². The van der Waals surface area contributed by atoms with Crippen LogP contribution in [0.2, 0.25) is 0 Å². The molecule has 3 rings (SSSR count). The lowest BCUT2D eigenvalue weighted by molar-refractivity contribution is -0.137. The lowest BCUT2D eigenvalue weighted by Gasteiger charge is -2.09. The van der Waals surface area contributed by atoms with E-state index in [4.69, 9.17) is 5.73 Å². The number of alkyl halides is 3. The third-order valence-corrected chi connectivity index (χ3v) is 3.44. The highest BCUT2D eigenvalue weighted by molar-refractivity contribution is 5.94. The number of hydrogen-bond donors (Lipinski definition) is 1. The SMILES string of the molecule is Cn1ncc2c(N)cc(-c3ccc(C(F)(F)F)cc3)cc21. The molecule has 1 heterocycles. The zero-order valence-corrected chi connectivity index (χ0v) is 11.1. The Morgan fingerprint density at radius 3 is 2.33 bits per heavy atom. The molecule has 2 aromatic carbocycles. The number of rotatable bonds is 1. The van der Waals surface area contributed by atoms with Gasteiger partial charge in [-0.25, -0.2) is 0 Å². The summed E-state index contributed by atoms with van der Waals surface area (Å²) in [5, 5.41) is 4.95. The van der Waals surface area contributed by atoms with Crippen LogP contribution in [0.3, 0.4) is 0 Å². The van der Waals surface area contributed by atoms with Crippen LogP contribution >= 0.6 is 0 Å². The van der Waals surface area contributed by atoms with Crippen molar-refractivity contribution in [1.82, 2.24) is 9.78 Å². The van der Waals surface area contributed by atoms with Crippen LogP contribution in [0.1, 0.15) is 5.56 Å². The first-order chi connectivity index (χ1) is 9.86. The van der Waals surface area contributed by atoms with E-state index in [0.717, 1.165) is 28.6 Å². The number of nitrogens with zero attached hydrogens (tertiary/aromatic N) is 2. The Kier molecular flexibility index (Phi) is 2.90. The molecular weight excluding hydrogens is 279 g/mol. The molecule has 2 N–H and O–H groups in total. The molecule has 0 saturated heterocycles. The minimum absolute atomic E-state index is 0.551. The number of aromatic nitrogens is 2. The predicted octanol–water partition coefficient (Wildman–Crippen LogP) is 3.84. The fourth-order valence-electron chi connectivity index (χ4n) is 2.29. The predicted molar refractivity (Wildman–Crippen MR) is 75.6 cm³/mol. The molecule has 0 atom stereocenters. The van der Waals surface area contributed by atoms with E-state index in [1.807, 2.05) is 6.07 Å². The Labute approximate surface area is 118 Å². The molecule has 0 bridgehead atoms. The summed E-state index contributed by atoms with van der Waals surface area (Å²) in [6.45, 7) is 0. The maximum Gasteiger partial charge on any atom is 0.416 e. The van der Waals surface area contributed by atoms with E-state index in [9.17, 15) is 13.2 Å². The largest absolute Gasteiger partial charge is 0.416 e. The van der Waals surface area contributed by atoms with Crippen LogP contribution < -0.4 is 5.73 Å². The van der Waals surface area contributed by atoms with Gasteiger partial charge >= 0.3 is 6.18 Å². The van der Waals surface area contributed by atoms with Gasteiger partial charge in [0.05, 0.1) is 17.3 Å². The number of nitrogens with two attached hydrogens (primary N) is 1. The molecule has 1 aromatic heterocycles. The Hall–Kier alpha value is -2.50. The van der Waals surface area contributed by atoms with Gasteiger partial charge in [-0.05, 0) is 35.4 Å². The number of nitrogen functional groups attached to an aromatic ring is 1. The summed E-state index contributed by atoms with van der Waals surface area (Å²) in [5.74, 6) is 0. The zero-order valence-electron chi connectivity index (χ0n) is 11.1. The summed E-state index contributed by atoms with van der Waals surface area (Å²) in [6.07, 6.45) is -2.66. The van der Waals surface area contributed by atoms with Gasteiger partial charge in [0, 0.05) is 18.1 Å². The van der Waals surface area contributed by atoms with E-state index in [2.05, 4.69) is 5.10 Å². The van der Waals surface area contributed by atoms with Gasteiger partial charge in [-0.2, -0.15) is 18.3 Å². The molecule has 6 heteroatoms. The maximum atomic E-state index is 12.6. The van der Waals surface area contributed by atoms with Crippen LogP contribution in [0.15, 0.2) is 42.6 Å². The van der Waals surface area contributed by atoms with Crippen molar-refractivity contribution in [3.8, 4) is 11.1 Å². The third-order valence-electron chi connectivity index (χ3n) is 3.44. The van der Waals surface area contributed by atoms with Crippen molar-refractivity contribution in [1.29, 1.82) is 0 Å². The highest BCUT2D eigenvalue weighted by Gasteiger charge is 2.29. The highest BCUT2D eigenvalue weighted by atomic mass is 19.4. The maximum absolute atomic E-state index is 12.6. The van der Waals surface area contributed by atoms with E-state index in [1.165, 1.54) is 12.1 Å². The molecule has 3 nitrogen and oxygen atoms in total. The minimum Gasteiger partial charge on any atom is -0.398 e. The van der Waals surface area contributed by atoms with Crippen LogP contribution in [0.5, 0.6) is 0 Å². The van der Waals surface area contributed by atoms with Crippen molar-refractivity contribution in [2.24, 2.45) is 7.05 Å². The van der Waals surface area contributed by atoms with E-state index in [1.54, 1.807) is 24.0 Å². The van der Waals surface area contributed by atoms with Gasteiger partial charge in [0.1, 0.15) is 0 Å². The zero-order chi connectivity index (χ0) is 15.2. The van der Waals surface area contributed by atoms with Gasteiger partial charge in [-0.3, -0.25) is 4.68 Å². The first-order valence-electron chi connectivity index (χ1n) is 6.25. The smallest absolute Gasteiger partial charge is 0.398 e. The molecule has 0 aliphatic rings. The van der Waals surface area contributed by atoms with Gasteiger partial charge < -0.3 is 5.73 Å². The molecule has 0 saturated carbocycles. The Balaban J connectivity index is 2.10. The molecular formula is C15H12F3N3. The summed E-state index contributed by atoms with van der Waals surface area (Å²) in [4.78, 5) is 0. The number of hydrogen-bond acceptors (Lipinski definition) is 2. The van der Waals surface area contributed by atoms with Crippen LogP contribution in [0.4, 0.5) is 18.9 Å². The molecule has 0 aliphatic heterocycles. The summed E-state index contributed by atoms with van der Waals surface area (Å²) < 4.78 is 39.4. The quantitative estimate of drug-likeness (QED) is 0.692. The van der Waals surface area contributed by atoms with E-state index >= 15 is 0 Å². The molecule has 0 aliphatic carbocycles. The summed E-state index contributed by atoms with van der Waals surface area (Å²) in [5.41, 5.74) is 8.14. The van der Waals surface area contributed by atoms with Crippen molar-refractivity contribution >= 4 is 16.6 Å². The van der Waals surface area contributed by atoms with Crippen molar-refractivity contribution < 1.29 is 13.2 Å². The van der Waals surface area contributed by atoms with E-state index in [-0.39, 0.29) is 0 Å². The lowest BCUT2D eigenvalue weighted by Crippen LogP contribution is -2.04. The first-order valence-corrected chi connectivity index (χ1v) is 6.25.